The largest absolute Gasteiger partial charge is 0.497 e. The van der Waals surface area contributed by atoms with E-state index in [0.717, 1.165) is 54.5 Å². The highest BCUT2D eigenvalue weighted by atomic mass is 35.5. The molecule has 1 heterocycles. The van der Waals surface area contributed by atoms with E-state index in [0.29, 0.717) is 54.5 Å². The Morgan fingerprint density at radius 2 is 1.58 bits per heavy atom. The number of allylic oxidation sites excluding steroid dienone is 1. The lowest BCUT2D eigenvalue weighted by Gasteiger charge is -2.48. The number of benzene rings is 4. The molecule has 0 amide bonds. The quantitative estimate of drug-likeness (QED) is 0.0802. The zero-order valence-electron chi connectivity index (χ0n) is 40.1. The SMILES string of the molecule is COc1ccc(CN(Cc2ccc(OC)cc2)S(=O)(=O)[C@H](C)[C@@H](C)C2C=C([C@H](OC)[C@@H]3CC[C@H]3CN3C[C@@]4(CCCc5c4ccc(Cl)c5F)COc4ccc(C(=O)OC(C)(C)C)cc43)C2)cc1. The molecular weight excluding hydrogens is 891 g/mol. The highest BCUT2D eigenvalue weighted by molar-refractivity contribution is 7.89. The van der Waals surface area contributed by atoms with Gasteiger partial charge in [0.15, 0.2) is 0 Å². The number of halogens is 2. The van der Waals surface area contributed by atoms with Crippen LogP contribution < -0.4 is 19.1 Å². The predicted octanol–water partition coefficient (Wildman–Crippen LogP) is 11.0. The summed E-state index contributed by atoms with van der Waals surface area (Å²) in [5.41, 5.74) is 4.66. The molecule has 0 bridgehead atoms. The standard InChI is InChI=1S/C54H66ClFN2O8S/c1-34(35(2)67(60,61)58(29-36-11-17-42(62-6)18-12-36)30-37-13-19-43(63-7)20-14-37)40-26-41(27-40)51(64-8)44-21-15-39(44)31-57-32-54(25-9-10-45-46(54)22-23-47(55)50(45)56)33-65-49-24-16-38(28-48(49)57)52(59)66-53(3,4)5/h11-14,16-20,22-24,26,28,34-35,39-40,44,51H,9-10,15,21,25,27,29-33H2,1-8H3/t34-,35-,39+,40?,44-,51+,54+/m1/s1. The smallest absolute Gasteiger partial charge is 0.338 e. The maximum Gasteiger partial charge on any atom is 0.338 e. The number of sulfonamides is 1. The number of carbonyl (C=O) groups is 1. The Balaban J connectivity index is 1.01. The lowest BCUT2D eigenvalue weighted by molar-refractivity contribution is -0.000503. The fraction of sp³-hybridized carbons (Fsp3) is 0.500. The topological polar surface area (TPSA) is 104 Å². The summed E-state index contributed by atoms with van der Waals surface area (Å²) >= 11 is 6.33. The molecule has 8 rings (SSSR count). The molecule has 13 heteroatoms. The van der Waals surface area contributed by atoms with Gasteiger partial charge in [-0.1, -0.05) is 54.9 Å². The van der Waals surface area contributed by atoms with Crippen LogP contribution in [0.4, 0.5) is 10.1 Å². The molecule has 0 saturated heterocycles. The summed E-state index contributed by atoms with van der Waals surface area (Å²) in [4.78, 5) is 15.8. The fourth-order valence-electron chi connectivity index (χ4n) is 10.7. The molecule has 4 aromatic rings. The van der Waals surface area contributed by atoms with Crippen LogP contribution in [0.3, 0.4) is 0 Å². The number of hydrogen-bond donors (Lipinski definition) is 0. The lowest BCUT2D eigenvalue weighted by Crippen LogP contribution is -2.50. The number of carbonyl (C=O) groups excluding carboxylic acids is 1. The van der Waals surface area contributed by atoms with Crippen molar-refractivity contribution >= 4 is 33.3 Å². The Kier molecular flexibility index (Phi) is 14.4. The summed E-state index contributed by atoms with van der Waals surface area (Å²) in [5, 5.41) is -0.522. The second-order valence-corrected chi connectivity index (χ2v) is 22.9. The number of rotatable bonds is 16. The number of hydrogen-bond acceptors (Lipinski definition) is 9. The van der Waals surface area contributed by atoms with Gasteiger partial charge in [-0.15, -0.1) is 0 Å². The van der Waals surface area contributed by atoms with Gasteiger partial charge >= 0.3 is 5.97 Å². The Bertz CT molecular complexity index is 2510. The Morgan fingerprint density at radius 1 is 0.940 bits per heavy atom. The molecule has 0 radical (unpaired) electrons. The first-order chi connectivity index (χ1) is 31.9. The van der Waals surface area contributed by atoms with Crippen LogP contribution in [0.25, 0.3) is 0 Å². The number of fused-ring (bicyclic) bond motifs is 3. The lowest BCUT2D eigenvalue weighted by atomic mass is 9.64. The van der Waals surface area contributed by atoms with Crippen molar-refractivity contribution in [1.82, 2.24) is 4.31 Å². The van der Waals surface area contributed by atoms with E-state index in [1.165, 1.54) is 5.57 Å². The van der Waals surface area contributed by atoms with E-state index in [1.807, 2.05) is 94.4 Å². The van der Waals surface area contributed by atoms with Crippen LogP contribution >= 0.6 is 11.6 Å². The highest BCUT2D eigenvalue weighted by Crippen LogP contribution is 2.50. The van der Waals surface area contributed by atoms with Crippen LogP contribution in [0.2, 0.25) is 5.02 Å². The summed E-state index contributed by atoms with van der Waals surface area (Å²) in [6, 6.07) is 24.2. The van der Waals surface area contributed by atoms with Crippen molar-refractivity contribution in [3.05, 3.63) is 129 Å². The zero-order chi connectivity index (χ0) is 47.8. The predicted molar refractivity (Wildman–Crippen MR) is 261 cm³/mol. The molecule has 10 nitrogen and oxygen atoms in total. The van der Waals surface area contributed by atoms with Gasteiger partial charge in [-0.25, -0.2) is 17.6 Å². The van der Waals surface area contributed by atoms with Crippen molar-refractivity contribution in [2.75, 3.05) is 45.9 Å². The van der Waals surface area contributed by atoms with Crippen LogP contribution in [0.5, 0.6) is 17.2 Å². The second kappa shape index (κ2) is 19.8. The third-order valence-corrected chi connectivity index (χ3v) is 17.5. The van der Waals surface area contributed by atoms with Gasteiger partial charge in [0.05, 0.1) is 48.5 Å². The molecule has 4 aliphatic rings. The number of methoxy groups -OCH3 is 3. The molecule has 1 unspecified atom stereocenters. The van der Waals surface area contributed by atoms with Gasteiger partial charge in [0.25, 0.3) is 0 Å². The van der Waals surface area contributed by atoms with E-state index in [1.54, 1.807) is 37.8 Å². The van der Waals surface area contributed by atoms with Crippen molar-refractivity contribution in [3.63, 3.8) is 0 Å². The monoisotopic (exact) mass is 956 g/mol. The van der Waals surface area contributed by atoms with E-state index < -0.39 is 32.3 Å². The van der Waals surface area contributed by atoms with E-state index in [-0.39, 0.29) is 53.7 Å². The maximum absolute atomic E-state index is 15.7. The van der Waals surface area contributed by atoms with E-state index in [4.69, 9.17) is 35.3 Å². The number of nitrogens with zero attached hydrogens (tertiary/aromatic N) is 2. The second-order valence-electron chi connectivity index (χ2n) is 20.2. The summed E-state index contributed by atoms with van der Waals surface area (Å²) in [6.07, 6.45) is 7.12. The van der Waals surface area contributed by atoms with Crippen molar-refractivity contribution in [3.8, 4) is 17.2 Å². The number of anilines is 1. The van der Waals surface area contributed by atoms with Crippen molar-refractivity contribution < 1.29 is 41.3 Å². The first-order valence-electron chi connectivity index (χ1n) is 23.6. The van der Waals surface area contributed by atoms with E-state index >= 15 is 4.39 Å². The fourth-order valence-corrected chi connectivity index (χ4v) is 12.8. The normalized spacial score (nSPS) is 22.8. The van der Waals surface area contributed by atoms with Gasteiger partial charge in [0.2, 0.25) is 10.0 Å². The average Bonchev–Trinajstić information content (AvgIpc) is 3.44. The van der Waals surface area contributed by atoms with Crippen LogP contribution in [0, 0.1) is 29.5 Å². The molecule has 360 valence electrons. The first kappa shape index (κ1) is 48.8. The van der Waals surface area contributed by atoms with Gasteiger partial charge in [-0.05, 0) is 166 Å². The number of ether oxygens (including phenoxy) is 5. The summed E-state index contributed by atoms with van der Waals surface area (Å²) < 4.78 is 76.1. The van der Waals surface area contributed by atoms with Crippen molar-refractivity contribution in [2.45, 2.75) is 109 Å². The summed E-state index contributed by atoms with van der Waals surface area (Å²) in [7, 11) is 1.23. The third kappa shape index (κ3) is 10.2. The van der Waals surface area contributed by atoms with Gasteiger partial charge in [-0.3, -0.25) is 0 Å². The molecule has 0 aromatic heterocycles. The molecule has 1 fully saturated rings. The van der Waals surface area contributed by atoms with Crippen LogP contribution in [-0.2, 0) is 44.4 Å². The molecule has 7 atom stereocenters. The first-order valence-corrected chi connectivity index (χ1v) is 25.5. The molecule has 1 saturated carbocycles. The molecule has 3 aliphatic carbocycles. The van der Waals surface area contributed by atoms with Gasteiger partial charge in [0, 0.05) is 38.7 Å². The van der Waals surface area contributed by atoms with Gasteiger partial charge in [-0.2, -0.15) is 4.31 Å². The van der Waals surface area contributed by atoms with Gasteiger partial charge < -0.3 is 28.6 Å². The Labute approximate surface area is 401 Å². The van der Waals surface area contributed by atoms with Crippen molar-refractivity contribution in [1.29, 1.82) is 0 Å². The molecule has 0 N–H and O–H groups in total. The zero-order valence-corrected chi connectivity index (χ0v) is 41.7. The van der Waals surface area contributed by atoms with Gasteiger partial charge in [0.1, 0.15) is 28.7 Å². The Hall–Kier alpha value is -4.62. The minimum absolute atomic E-state index is 0.0702. The summed E-state index contributed by atoms with van der Waals surface area (Å²) in [6.45, 7) is 11.6. The van der Waals surface area contributed by atoms with Crippen LogP contribution in [0.15, 0.2) is 90.5 Å². The van der Waals surface area contributed by atoms with Crippen molar-refractivity contribution in [2.24, 2.45) is 23.7 Å². The Morgan fingerprint density at radius 3 is 2.15 bits per heavy atom. The minimum Gasteiger partial charge on any atom is -0.497 e. The molecule has 1 aliphatic heterocycles. The molecule has 4 aromatic carbocycles. The average molecular weight is 958 g/mol. The summed E-state index contributed by atoms with van der Waals surface area (Å²) in [5.74, 6) is 1.75. The van der Waals surface area contributed by atoms with E-state index in [2.05, 4.69) is 17.9 Å². The third-order valence-electron chi connectivity index (χ3n) is 14.9. The van der Waals surface area contributed by atoms with Crippen LogP contribution in [0.1, 0.15) is 99.3 Å². The maximum atomic E-state index is 15.7. The molecule has 67 heavy (non-hydrogen) atoms. The van der Waals surface area contributed by atoms with E-state index in [9.17, 15) is 13.2 Å². The highest BCUT2D eigenvalue weighted by Gasteiger charge is 2.47. The molecular formula is C54H66ClFN2O8S. The number of esters is 1. The molecule has 1 spiro atoms. The van der Waals surface area contributed by atoms with Crippen LogP contribution in [-0.4, -0.2) is 76.7 Å². The minimum atomic E-state index is -3.77.